The lowest BCUT2D eigenvalue weighted by Crippen LogP contribution is -2.25. The summed E-state index contributed by atoms with van der Waals surface area (Å²) in [6, 6.07) is 2.23. The zero-order chi connectivity index (χ0) is 12.4. The Balaban J connectivity index is 2.30. The molecule has 2 rings (SSSR count). The van der Waals surface area contributed by atoms with Crippen molar-refractivity contribution in [3.05, 3.63) is 18.6 Å². The van der Waals surface area contributed by atoms with Gasteiger partial charge in [-0.05, 0) is 18.9 Å². The van der Waals surface area contributed by atoms with Crippen LogP contribution in [0, 0.1) is 5.92 Å². The molecule has 0 fully saturated rings. The molecule has 2 aromatic heterocycles. The van der Waals surface area contributed by atoms with E-state index in [1.807, 2.05) is 17.7 Å². The van der Waals surface area contributed by atoms with Crippen LogP contribution >= 0.6 is 11.6 Å². The second-order valence-corrected chi connectivity index (χ2v) is 4.76. The molecule has 0 aromatic carbocycles. The number of aromatic nitrogens is 3. The van der Waals surface area contributed by atoms with E-state index in [4.69, 9.17) is 11.6 Å². The van der Waals surface area contributed by atoms with E-state index in [9.17, 15) is 0 Å². The highest BCUT2D eigenvalue weighted by Crippen LogP contribution is 2.20. The molecular weight excluding hydrogens is 236 g/mol. The standard InChI is InChI=1S/C12H17ClN4/c1-8(6-13)9(2)16-12-11-10(4-5-14-12)17(3)7-15-11/h4-5,7-9H,6H2,1-3H3,(H,14,16). The number of alkyl halides is 1. The SMILES string of the molecule is CC(CCl)C(C)Nc1nccc2c1ncn2C. The van der Waals surface area contributed by atoms with Gasteiger partial charge in [0.1, 0.15) is 5.52 Å². The molecule has 0 saturated carbocycles. The fourth-order valence-electron chi connectivity index (χ4n) is 1.66. The van der Waals surface area contributed by atoms with Gasteiger partial charge in [0.2, 0.25) is 0 Å². The number of anilines is 1. The monoisotopic (exact) mass is 252 g/mol. The lowest BCUT2D eigenvalue weighted by molar-refractivity contribution is 0.565. The average molecular weight is 253 g/mol. The van der Waals surface area contributed by atoms with E-state index in [0.717, 1.165) is 16.9 Å². The summed E-state index contributed by atoms with van der Waals surface area (Å²) in [6.07, 6.45) is 3.59. The minimum Gasteiger partial charge on any atom is -0.365 e. The molecule has 2 unspecified atom stereocenters. The average Bonchev–Trinajstić information content (AvgIpc) is 2.71. The Hall–Kier alpha value is -1.29. The number of aryl methyl sites for hydroxylation is 1. The molecule has 0 amide bonds. The number of rotatable bonds is 4. The van der Waals surface area contributed by atoms with Crippen molar-refractivity contribution < 1.29 is 0 Å². The van der Waals surface area contributed by atoms with Crippen LogP contribution in [0.1, 0.15) is 13.8 Å². The zero-order valence-electron chi connectivity index (χ0n) is 10.3. The zero-order valence-corrected chi connectivity index (χ0v) is 11.1. The molecule has 2 atom stereocenters. The Kier molecular flexibility index (Phi) is 3.52. The Bertz CT molecular complexity index is 508. The smallest absolute Gasteiger partial charge is 0.154 e. The van der Waals surface area contributed by atoms with Gasteiger partial charge in [0, 0.05) is 25.2 Å². The van der Waals surface area contributed by atoms with Crippen LogP contribution in [-0.4, -0.2) is 26.5 Å². The number of imidazole rings is 1. The van der Waals surface area contributed by atoms with Crippen molar-refractivity contribution in [3.63, 3.8) is 0 Å². The van der Waals surface area contributed by atoms with Gasteiger partial charge in [-0.3, -0.25) is 0 Å². The van der Waals surface area contributed by atoms with E-state index in [1.54, 1.807) is 12.5 Å². The summed E-state index contributed by atoms with van der Waals surface area (Å²) in [7, 11) is 1.98. The summed E-state index contributed by atoms with van der Waals surface area (Å²) in [5.41, 5.74) is 1.98. The van der Waals surface area contributed by atoms with Gasteiger partial charge in [-0.15, -0.1) is 11.6 Å². The predicted molar refractivity (Wildman–Crippen MR) is 71.5 cm³/mol. The van der Waals surface area contributed by atoms with E-state index in [2.05, 4.69) is 29.1 Å². The van der Waals surface area contributed by atoms with E-state index in [-0.39, 0.29) is 6.04 Å². The molecule has 4 nitrogen and oxygen atoms in total. The molecule has 0 bridgehead atoms. The van der Waals surface area contributed by atoms with Crippen molar-refractivity contribution in [2.45, 2.75) is 19.9 Å². The quantitative estimate of drug-likeness (QED) is 0.851. The normalized spacial score (nSPS) is 14.8. The summed E-state index contributed by atoms with van der Waals surface area (Å²) in [5.74, 6) is 1.84. The van der Waals surface area contributed by atoms with Crippen LogP contribution < -0.4 is 5.32 Å². The topological polar surface area (TPSA) is 42.7 Å². The second-order valence-electron chi connectivity index (χ2n) is 4.45. The fraction of sp³-hybridized carbons (Fsp3) is 0.500. The van der Waals surface area contributed by atoms with Crippen LogP contribution in [-0.2, 0) is 7.05 Å². The second kappa shape index (κ2) is 4.92. The first-order valence-corrected chi connectivity index (χ1v) is 6.25. The molecule has 92 valence electrons. The van der Waals surface area contributed by atoms with Gasteiger partial charge in [-0.25, -0.2) is 9.97 Å². The lowest BCUT2D eigenvalue weighted by Gasteiger charge is -2.19. The van der Waals surface area contributed by atoms with Crippen molar-refractivity contribution in [2.24, 2.45) is 13.0 Å². The maximum atomic E-state index is 5.86. The summed E-state index contributed by atoms with van der Waals surface area (Å²) >= 11 is 5.86. The summed E-state index contributed by atoms with van der Waals surface area (Å²) in [5, 5.41) is 3.38. The summed E-state index contributed by atoms with van der Waals surface area (Å²) in [4.78, 5) is 8.71. The molecular formula is C12H17ClN4. The first-order chi connectivity index (χ1) is 8.13. The number of hydrogen-bond acceptors (Lipinski definition) is 3. The molecule has 17 heavy (non-hydrogen) atoms. The molecule has 1 N–H and O–H groups in total. The number of halogens is 1. The van der Waals surface area contributed by atoms with Gasteiger partial charge in [0.05, 0.1) is 11.8 Å². The molecule has 0 radical (unpaired) electrons. The van der Waals surface area contributed by atoms with Gasteiger partial charge < -0.3 is 9.88 Å². The highest BCUT2D eigenvalue weighted by Gasteiger charge is 2.14. The van der Waals surface area contributed by atoms with E-state index < -0.39 is 0 Å². The minimum absolute atomic E-state index is 0.271. The molecule has 0 aliphatic rings. The minimum atomic E-state index is 0.271. The van der Waals surface area contributed by atoms with Crippen LogP contribution in [0.15, 0.2) is 18.6 Å². The molecule has 0 aliphatic heterocycles. The molecule has 0 aliphatic carbocycles. The Morgan fingerprint density at radius 1 is 1.41 bits per heavy atom. The first kappa shape index (κ1) is 12.2. The van der Waals surface area contributed by atoms with Crippen molar-refractivity contribution >= 4 is 28.5 Å². The number of fused-ring (bicyclic) bond motifs is 1. The summed E-state index contributed by atoms with van der Waals surface area (Å²) < 4.78 is 1.98. The number of nitrogens with zero attached hydrogens (tertiary/aromatic N) is 3. The van der Waals surface area contributed by atoms with Crippen LogP contribution in [0.5, 0.6) is 0 Å². The highest BCUT2D eigenvalue weighted by atomic mass is 35.5. The molecule has 0 spiro atoms. The van der Waals surface area contributed by atoms with Crippen LogP contribution in [0.4, 0.5) is 5.82 Å². The molecule has 5 heteroatoms. The van der Waals surface area contributed by atoms with Crippen molar-refractivity contribution in [2.75, 3.05) is 11.2 Å². The third-order valence-corrected chi connectivity index (χ3v) is 3.59. The van der Waals surface area contributed by atoms with Crippen LogP contribution in [0.3, 0.4) is 0 Å². The molecule has 2 heterocycles. The maximum absolute atomic E-state index is 5.86. The molecule has 0 saturated heterocycles. The Morgan fingerprint density at radius 3 is 2.88 bits per heavy atom. The third-order valence-electron chi connectivity index (χ3n) is 3.10. The third kappa shape index (κ3) is 2.36. The van der Waals surface area contributed by atoms with Gasteiger partial charge in [-0.1, -0.05) is 6.92 Å². The maximum Gasteiger partial charge on any atom is 0.154 e. The van der Waals surface area contributed by atoms with Gasteiger partial charge >= 0.3 is 0 Å². The fourth-order valence-corrected chi connectivity index (χ4v) is 1.93. The van der Waals surface area contributed by atoms with E-state index >= 15 is 0 Å². The van der Waals surface area contributed by atoms with E-state index in [0.29, 0.717) is 11.8 Å². The van der Waals surface area contributed by atoms with Gasteiger partial charge in [0.15, 0.2) is 5.82 Å². The van der Waals surface area contributed by atoms with Crippen LogP contribution in [0.2, 0.25) is 0 Å². The lowest BCUT2D eigenvalue weighted by atomic mass is 10.1. The van der Waals surface area contributed by atoms with E-state index in [1.165, 1.54) is 0 Å². The number of nitrogens with one attached hydrogen (secondary N) is 1. The number of hydrogen-bond donors (Lipinski definition) is 1. The first-order valence-electron chi connectivity index (χ1n) is 5.72. The van der Waals surface area contributed by atoms with Crippen LogP contribution in [0.25, 0.3) is 11.0 Å². The Morgan fingerprint density at radius 2 is 2.18 bits per heavy atom. The summed E-state index contributed by atoms with van der Waals surface area (Å²) in [6.45, 7) is 4.22. The highest BCUT2D eigenvalue weighted by molar-refractivity contribution is 6.18. The van der Waals surface area contributed by atoms with Gasteiger partial charge in [-0.2, -0.15) is 0 Å². The van der Waals surface area contributed by atoms with Gasteiger partial charge in [0.25, 0.3) is 0 Å². The largest absolute Gasteiger partial charge is 0.365 e. The Labute approximate surface area is 106 Å². The van der Waals surface area contributed by atoms with Crippen molar-refractivity contribution in [1.29, 1.82) is 0 Å². The molecule has 2 aromatic rings. The van der Waals surface area contributed by atoms with Crippen molar-refractivity contribution in [1.82, 2.24) is 14.5 Å². The number of pyridine rings is 1. The van der Waals surface area contributed by atoms with Crippen molar-refractivity contribution in [3.8, 4) is 0 Å². The predicted octanol–water partition coefficient (Wildman–Crippen LogP) is 2.64.